The van der Waals surface area contributed by atoms with Gasteiger partial charge in [-0.3, -0.25) is 0 Å². The van der Waals surface area contributed by atoms with E-state index >= 15 is 0 Å². The van der Waals surface area contributed by atoms with Crippen molar-refractivity contribution in [2.45, 2.75) is 0 Å². The van der Waals surface area contributed by atoms with E-state index in [-0.39, 0.29) is 0 Å². The number of anilines is 1. The second kappa shape index (κ2) is 5.32. The summed E-state index contributed by atoms with van der Waals surface area (Å²) >= 11 is 8.60. The molecule has 1 saturated heterocycles. The van der Waals surface area contributed by atoms with Gasteiger partial charge >= 0.3 is 0 Å². The first-order chi connectivity index (χ1) is 8.75. The molecule has 3 rings (SSSR count). The molecule has 0 atom stereocenters. The Labute approximate surface area is 125 Å². The fourth-order valence-corrected chi connectivity index (χ4v) is 3.65. The van der Waals surface area contributed by atoms with Gasteiger partial charge in [0.05, 0.1) is 33.2 Å². The maximum Gasteiger partial charge on any atom is 0.230 e. The molecule has 7 heteroatoms. The van der Waals surface area contributed by atoms with Gasteiger partial charge in [-0.2, -0.15) is 0 Å². The predicted molar refractivity (Wildman–Crippen MR) is 78.2 cm³/mol. The molecule has 0 saturated carbocycles. The Morgan fingerprint density at radius 2 is 2.06 bits per heavy atom. The molecule has 0 N–H and O–H groups in total. The molecule has 0 bridgehead atoms. The number of aromatic nitrogens is 1. The summed E-state index contributed by atoms with van der Waals surface area (Å²) in [4.78, 5) is 6.49. The number of ether oxygens (including phenoxy) is 1. The molecule has 0 radical (unpaired) electrons. The lowest BCUT2D eigenvalue weighted by molar-refractivity contribution is 0.121. The zero-order chi connectivity index (χ0) is 12.5. The van der Waals surface area contributed by atoms with E-state index in [1.165, 1.54) is 0 Å². The summed E-state index contributed by atoms with van der Waals surface area (Å²) in [5.74, 6) is 1.45. The van der Waals surface area contributed by atoms with Gasteiger partial charge in [0.1, 0.15) is 0 Å². The van der Waals surface area contributed by atoms with Crippen LogP contribution >= 0.6 is 43.2 Å². The van der Waals surface area contributed by atoms with Gasteiger partial charge < -0.3 is 14.1 Å². The number of halogens is 2. The summed E-state index contributed by atoms with van der Waals surface area (Å²) in [6, 6.07) is 0. The van der Waals surface area contributed by atoms with Gasteiger partial charge in [-0.05, 0) is 31.9 Å². The molecule has 4 nitrogen and oxygen atoms in total. The standard InChI is InChI=1S/C11H10Br2N2O2S/c12-9-7(6-18-10(9)13)11-14-5-8(17-11)15-1-3-16-4-2-15/h5-6H,1-4H2. The van der Waals surface area contributed by atoms with Crippen molar-refractivity contribution < 1.29 is 9.15 Å². The molecule has 0 spiro atoms. The summed E-state index contributed by atoms with van der Waals surface area (Å²) in [6.45, 7) is 3.18. The van der Waals surface area contributed by atoms with Crippen LogP contribution in [0.3, 0.4) is 0 Å². The molecule has 18 heavy (non-hydrogen) atoms. The van der Waals surface area contributed by atoms with Gasteiger partial charge in [0.25, 0.3) is 0 Å². The van der Waals surface area contributed by atoms with Crippen LogP contribution in [0.15, 0.2) is 24.3 Å². The third kappa shape index (κ3) is 2.36. The van der Waals surface area contributed by atoms with Crippen molar-refractivity contribution in [3.8, 4) is 11.5 Å². The van der Waals surface area contributed by atoms with Gasteiger partial charge in [0.15, 0.2) is 0 Å². The molecule has 0 aliphatic carbocycles. The Balaban J connectivity index is 1.87. The summed E-state index contributed by atoms with van der Waals surface area (Å²) in [5, 5.41) is 2.02. The summed E-state index contributed by atoms with van der Waals surface area (Å²) in [6.07, 6.45) is 1.78. The molecule has 2 aromatic rings. The average Bonchev–Trinajstić information content (AvgIpc) is 3.00. The fraction of sp³-hybridized carbons (Fsp3) is 0.364. The molecule has 3 heterocycles. The quantitative estimate of drug-likeness (QED) is 0.778. The van der Waals surface area contributed by atoms with Crippen LogP contribution in [0.4, 0.5) is 5.88 Å². The third-order valence-corrected chi connectivity index (χ3v) is 6.08. The van der Waals surface area contributed by atoms with Crippen molar-refractivity contribution in [2.75, 3.05) is 31.2 Å². The van der Waals surface area contributed by atoms with Crippen LogP contribution in [0, 0.1) is 0 Å². The van der Waals surface area contributed by atoms with Crippen molar-refractivity contribution in [3.05, 3.63) is 19.8 Å². The Kier molecular flexibility index (Phi) is 3.74. The zero-order valence-corrected chi connectivity index (χ0v) is 13.3. The van der Waals surface area contributed by atoms with Crippen LogP contribution in [-0.2, 0) is 4.74 Å². The van der Waals surface area contributed by atoms with Gasteiger partial charge in [0.2, 0.25) is 11.8 Å². The normalized spacial score (nSPS) is 16.2. The number of oxazole rings is 1. The molecule has 0 amide bonds. The zero-order valence-electron chi connectivity index (χ0n) is 9.36. The van der Waals surface area contributed by atoms with Gasteiger partial charge in [-0.15, -0.1) is 11.3 Å². The van der Waals surface area contributed by atoms with Crippen LogP contribution in [0.5, 0.6) is 0 Å². The van der Waals surface area contributed by atoms with E-state index in [9.17, 15) is 0 Å². The minimum atomic E-state index is 0.644. The Morgan fingerprint density at radius 1 is 1.28 bits per heavy atom. The van der Waals surface area contributed by atoms with Crippen molar-refractivity contribution in [1.29, 1.82) is 0 Å². The molecular formula is C11H10Br2N2O2S. The fourth-order valence-electron chi connectivity index (χ4n) is 1.78. The molecule has 2 aromatic heterocycles. The van der Waals surface area contributed by atoms with Crippen LogP contribution in [0.25, 0.3) is 11.5 Å². The molecule has 0 unspecified atom stereocenters. The van der Waals surface area contributed by atoms with Gasteiger partial charge in [0, 0.05) is 18.5 Å². The highest BCUT2D eigenvalue weighted by Crippen LogP contribution is 2.39. The Hall–Kier alpha value is -0.370. The van der Waals surface area contributed by atoms with Crippen molar-refractivity contribution in [2.24, 2.45) is 0 Å². The molecular weight excluding hydrogens is 384 g/mol. The minimum absolute atomic E-state index is 0.644. The van der Waals surface area contributed by atoms with E-state index in [1.807, 2.05) is 5.38 Å². The van der Waals surface area contributed by atoms with Crippen LogP contribution < -0.4 is 4.90 Å². The van der Waals surface area contributed by atoms with Crippen LogP contribution in [0.2, 0.25) is 0 Å². The maximum absolute atomic E-state index is 5.82. The average molecular weight is 394 g/mol. The monoisotopic (exact) mass is 392 g/mol. The lowest BCUT2D eigenvalue weighted by Crippen LogP contribution is -2.35. The van der Waals surface area contributed by atoms with Crippen molar-refractivity contribution in [1.82, 2.24) is 4.98 Å². The maximum atomic E-state index is 5.82. The van der Waals surface area contributed by atoms with Gasteiger partial charge in [-0.1, -0.05) is 0 Å². The molecule has 96 valence electrons. The van der Waals surface area contributed by atoms with Crippen LogP contribution in [-0.4, -0.2) is 31.3 Å². The lowest BCUT2D eigenvalue weighted by atomic mass is 10.3. The Morgan fingerprint density at radius 3 is 2.72 bits per heavy atom. The Bertz CT molecular complexity index is 549. The largest absolute Gasteiger partial charge is 0.420 e. The number of morpholine rings is 1. The van der Waals surface area contributed by atoms with E-state index in [4.69, 9.17) is 9.15 Å². The molecule has 1 aliphatic heterocycles. The number of hydrogen-bond donors (Lipinski definition) is 0. The topological polar surface area (TPSA) is 38.5 Å². The van der Waals surface area contributed by atoms with Gasteiger partial charge in [-0.25, -0.2) is 4.98 Å². The van der Waals surface area contributed by atoms with E-state index in [1.54, 1.807) is 17.5 Å². The number of nitrogens with zero attached hydrogens (tertiary/aromatic N) is 2. The summed E-state index contributed by atoms with van der Waals surface area (Å²) < 4.78 is 13.2. The van der Waals surface area contributed by atoms with E-state index in [2.05, 4.69) is 41.7 Å². The lowest BCUT2D eigenvalue weighted by Gasteiger charge is -2.25. The smallest absolute Gasteiger partial charge is 0.230 e. The van der Waals surface area contributed by atoms with E-state index < -0.39 is 0 Å². The number of hydrogen-bond acceptors (Lipinski definition) is 5. The molecule has 0 aromatic carbocycles. The first-order valence-corrected chi connectivity index (χ1v) is 7.93. The van der Waals surface area contributed by atoms with Crippen molar-refractivity contribution in [3.63, 3.8) is 0 Å². The first kappa shape index (κ1) is 12.7. The number of thiophene rings is 1. The first-order valence-electron chi connectivity index (χ1n) is 5.47. The van der Waals surface area contributed by atoms with E-state index in [0.29, 0.717) is 5.89 Å². The van der Waals surface area contributed by atoms with Crippen molar-refractivity contribution >= 4 is 49.1 Å². The third-order valence-electron chi connectivity index (χ3n) is 2.74. The molecule has 1 aliphatic rings. The highest BCUT2D eigenvalue weighted by atomic mass is 79.9. The minimum Gasteiger partial charge on any atom is -0.420 e. The highest BCUT2D eigenvalue weighted by Gasteiger charge is 2.18. The second-order valence-electron chi connectivity index (χ2n) is 3.84. The summed E-state index contributed by atoms with van der Waals surface area (Å²) in [5.41, 5.74) is 0.978. The highest BCUT2D eigenvalue weighted by molar-refractivity contribution is 9.13. The van der Waals surface area contributed by atoms with Crippen LogP contribution in [0.1, 0.15) is 0 Å². The SMILES string of the molecule is Brc1scc(-c2ncc(N3CCOCC3)o2)c1Br. The summed E-state index contributed by atoms with van der Waals surface area (Å²) in [7, 11) is 0. The number of rotatable bonds is 2. The molecule has 1 fully saturated rings. The second-order valence-corrected chi connectivity index (χ2v) is 6.83. The predicted octanol–water partition coefficient (Wildman–Crippen LogP) is 3.76. The van der Waals surface area contributed by atoms with E-state index in [0.717, 1.165) is 46.0 Å².